The summed E-state index contributed by atoms with van der Waals surface area (Å²) >= 11 is 0. The molecule has 104 valence electrons. The zero-order valence-corrected chi connectivity index (χ0v) is 10.9. The highest BCUT2D eigenvalue weighted by atomic mass is 19.1. The summed E-state index contributed by atoms with van der Waals surface area (Å²) in [6, 6.07) is 4.18. The molecule has 1 aromatic rings. The quantitative estimate of drug-likeness (QED) is 0.829. The molecule has 1 fully saturated rings. The van der Waals surface area contributed by atoms with Crippen molar-refractivity contribution in [2.24, 2.45) is 0 Å². The first-order valence-electron chi connectivity index (χ1n) is 6.34. The van der Waals surface area contributed by atoms with Gasteiger partial charge in [0, 0.05) is 20.2 Å². The lowest BCUT2D eigenvalue weighted by Crippen LogP contribution is -2.47. The fourth-order valence-electron chi connectivity index (χ4n) is 2.30. The van der Waals surface area contributed by atoms with E-state index in [9.17, 15) is 9.18 Å². The van der Waals surface area contributed by atoms with E-state index in [1.165, 1.54) is 18.6 Å². The third-order valence-electron chi connectivity index (χ3n) is 3.74. The number of ether oxygens (including phenoxy) is 1. The van der Waals surface area contributed by atoms with E-state index >= 15 is 0 Å². The van der Waals surface area contributed by atoms with Gasteiger partial charge in [-0.15, -0.1) is 0 Å². The molecule has 1 aliphatic carbocycles. The van der Waals surface area contributed by atoms with E-state index in [0.29, 0.717) is 6.54 Å². The minimum atomic E-state index is -1.25. The molecule has 0 atom stereocenters. The van der Waals surface area contributed by atoms with Gasteiger partial charge in [0.05, 0.1) is 11.2 Å². The summed E-state index contributed by atoms with van der Waals surface area (Å²) in [6.45, 7) is 1.23. The Bertz CT molecular complexity index is 466. The van der Waals surface area contributed by atoms with Crippen molar-refractivity contribution in [3.8, 4) is 0 Å². The molecule has 1 saturated carbocycles. The fourth-order valence-corrected chi connectivity index (χ4v) is 2.30. The number of methoxy groups -OCH3 is 1. The zero-order chi connectivity index (χ0) is 13.9. The highest BCUT2D eigenvalue weighted by molar-refractivity contribution is 5.87. The van der Waals surface area contributed by atoms with Crippen molar-refractivity contribution in [1.29, 1.82) is 0 Å². The third-order valence-corrected chi connectivity index (χ3v) is 3.74. The van der Waals surface area contributed by atoms with Gasteiger partial charge < -0.3 is 15.2 Å². The van der Waals surface area contributed by atoms with Crippen molar-refractivity contribution < 1.29 is 19.0 Å². The lowest BCUT2D eigenvalue weighted by atomic mass is 9.80. The summed E-state index contributed by atoms with van der Waals surface area (Å²) in [5.74, 6) is -1.94. The van der Waals surface area contributed by atoms with E-state index in [0.717, 1.165) is 24.9 Å². The van der Waals surface area contributed by atoms with E-state index in [2.05, 4.69) is 5.32 Å². The maximum Gasteiger partial charge on any atom is 0.338 e. The number of aromatic carboxylic acids is 1. The summed E-state index contributed by atoms with van der Waals surface area (Å²) in [6.07, 6.45) is 3.27. The van der Waals surface area contributed by atoms with Crippen LogP contribution < -0.4 is 5.32 Å². The number of nitrogens with one attached hydrogen (secondary N) is 1. The largest absolute Gasteiger partial charge is 0.478 e. The van der Waals surface area contributed by atoms with Crippen LogP contribution in [0.25, 0.3) is 0 Å². The number of rotatable bonds is 6. The van der Waals surface area contributed by atoms with Crippen LogP contribution in [-0.2, 0) is 11.3 Å². The normalized spacial score (nSPS) is 16.9. The van der Waals surface area contributed by atoms with Crippen LogP contribution in [0.2, 0.25) is 0 Å². The van der Waals surface area contributed by atoms with Gasteiger partial charge in [0.1, 0.15) is 5.82 Å². The number of carbonyl (C=O) groups is 1. The zero-order valence-electron chi connectivity index (χ0n) is 10.9. The van der Waals surface area contributed by atoms with Crippen molar-refractivity contribution in [2.45, 2.75) is 31.4 Å². The molecule has 0 amide bonds. The molecule has 2 rings (SSSR count). The maximum absolute atomic E-state index is 13.5. The highest BCUT2D eigenvalue weighted by Gasteiger charge is 2.36. The summed E-state index contributed by atoms with van der Waals surface area (Å²) in [4.78, 5) is 10.7. The average Bonchev–Trinajstić information content (AvgIpc) is 2.32. The van der Waals surface area contributed by atoms with Gasteiger partial charge in [-0.1, -0.05) is 6.07 Å². The van der Waals surface area contributed by atoms with Crippen molar-refractivity contribution in [3.05, 3.63) is 35.1 Å². The van der Waals surface area contributed by atoms with Crippen molar-refractivity contribution >= 4 is 5.97 Å². The van der Waals surface area contributed by atoms with Gasteiger partial charge in [0.15, 0.2) is 0 Å². The number of benzene rings is 1. The highest BCUT2D eigenvalue weighted by Crippen LogP contribution is 2.34. The lowest BCUT2D eigenvalue weighted by molar-refractivity contribution is -0.0695. The first-order chi connectivity index (χ1) is 9.06. The van der Waals surface area contributed by atoms with E-state index in [4.69, 9.17) is 9.84 Å². The summed E-state index contributed by atoms with van der Waals surface area (Å²) in [7, 11) is 1.71. The predicted molar refractivity (Wildman–Crippen MR) is 68.7 cm³/mol. The van der Waals surface area contributed by atoms with Crippen molar-refractivity contribution in [2.75, 3.05) is 13.7 Å². The number of hydrogen-bond donors (Lipinski definition) is 2. The summed E-state index contributed by atoms with van der Waals surface area (Å²) in [5.41, 5.74) is 0.365. The standard InChI is InChI=1S/C14H18FNO3/c1-19-14(5-2-6-14)9-16-8-10-3-4-11(13(17)18)12(15)7-10/h3-4,7,16H,2,5-6,8-9H2,1H3,(H,17,18). The minimum Gasteiger partial charge on any atom is -0.478 e. The Morgan fingerprint density at radius 3 is 2.74 bits per heavy atom. The molecule has 0 unspecified atom stereocenters. The van der Waals surface area contributed by atoms with Gasteiger partial charge in [0.25, 0.3) is 0 Å². The smallest absolute Gasteiger partial charge is 0.338 e. The fraction of sp³-hybridized carbons (Fsp3) is 0.500. The summed E-state index contributed by atoms with van der Waals surface area (Å²) in [5, 5.41) is 12.0. The topological polar surface area (TPSA) is 58.6 Å². The molecule has 5 heteroatoms. The van der Waals surface area contributed by atoms with Crippen LogP contribution in [0.5, 0.6) is 0 Å². The van der Waals surface area contributed by atoms with Crippen LogP contribution >= 0.6 is 0 Å². The van der Waals surface area contributed by atoms with Gasteiger partial charge in [-0.2, -0.15) is 0 Å². The minimum absolute atomic E-state index is 0.0699. The van der Waals surface area contributed by atoms with Crippen LogP contribution in [0.4, 0.5) is 4.39 Å². The van der Waals surface area contributed by atoms with Crippen molar-refractivity contribution in [1.82, 2.24) is 5.32 Å². The SMILES string of the molecule is COC1(CNCc2ccc(C(=O)O)c(F)c2)CCC1. The monoisotopic (exact) mass is 267 g/mol. The van der Waals surface area contributed by atoms with Gasteiger partial charge >= 0.3 is 5.97 Å². The Kier molecular flexibility index (Phi) is 4.17. The molecule has 1 aromatic carbocycles. The molecule has 0 aromatic heterocycles. The lowest BCUT2D eigenvalue weighted by Gasteiger charge is -2.40. The van der Waals surface area contributed by atoms with Crippen LogP contribution in [0.1, 0.15) is 35.2 Å². The van der Waals surface area contributed by atoms with Crippen LogP contribution in [-0.4, -0.2) is 30.3 Å². The Hall–Kier alpha value is -1.46. The second-order valence-corrected chi connectivity index (χ2v) is 4.96. The Balaban J connectivity index is 1.89. The first-order valence-corrected chi connectivity index (χ1v) is 6.34. The van der Waals surface area contributed by atoms with Gasteiger partial charge in [-0.3, -0.25) is 0 Å². The number of carboxylic acid groups (broad SMARTS) is 1. The number of hydrogen-bond acceptors (Lipinski definition) is 3. The number of carboxylic acids is 1. The first kappa shape index (κ1) is 14.0. The molecular weight excluding hydrogens is 249 g/mol. The van der Waals surface area contributed by atoms with E-state index in [1.807, 2.05) is 0 Å². The average molecular weight is 267 g/mol. The van der Waals surface area contributed by atoms with E-state index in [-0.39, 0.29) is 11.2 Å². The van der Waals surface area contributed by atoms with Gasteiger partial charge in [0.2, 0.25) is 0 Å². The Labute approximate surface area is 111 Å². The second-order valence-electron chi connectivity index (χ2n) is 4.96. The van der Waals surface area contributed by atoms with E-state index < -0.39 is 11.8 Å². The Morgan fingerprint density at radius 2 is 2.26 bits per heavy atom. The maximum atomic E-state index is 13.5. The van der Waals surface area contributed by atoms with Gasteiger partial charge in [-0.05, 0) is 37.0 Å². The molecule has 0 bridgehead atoms. The summed E-state index contributed by atoms with van der Waals surface area (Å²) < 4.78 is 18.9. The molecule has 0 aliphatic heterocycles. The molecule has 19 heavy (non-hydrogen) atoms. The third kappa shape index (κ3) is 3.11. The second kappa shape index (κ2) is 5.67. The molecule has 0 heterocycles. The Morgan fingerprint density at radius 1 is 1.53 bits per heavy atom. The molecule has 0 radical (unpaired) electrons. The molecule has 0 saturated heterocycles. The van der Waals surface area contributed by atoms with Crippen LogP contribution in [0.3, 0.4) is 0 Å². The predicted octanol–water partition coefficient (Wildman–Crippen LogP) is 2.18. The molecule has 4 nitrogen and oxygen atoms in total. The van der Waals surface area contributed by atoms with E-state index in [1.54, 1.807) is 13.2 Å². The van der Waals surface area contributed by atoms with Crippen molar-refractivity contribution in [3.63, 3.8) is 0 Å². The molecule has 2 N–H and O–H groups in total. The number of halogens is 1. The van der Waals surface area contributed by atoms with Gasteiger partial charge in [-0.25, -0.2) is 9.18 Å². The molecule has 0 spiro atoms. The molecule has 1 aliphatic rings. The van der Waals surface area contributed by atoms with Crippen LogP contribution in [0.15, 0.2) is 18.2 Å². The molecular formula is C14H18FNO3. The van der Waals surface area contributed by atoms with Crippen LogP contribution in [0, 0.1) is 5.82 Å².